The van der Waals surface area contributed by atoms with E-state index in [-0.39, 0.29) is 0 Å². The van der Waals surface area contributed by atoms with Crippen LogP contribution in [-0.2, 0) is 4.79 Å². The van der Waals surface area contributed by atoms with E-state index in [4.69, 9.17) is 10.8 Å². The second kappa shape index (κ2) is 3.99. The molecule has 3 nitrogen and oxygen atoms in total. The molecule has 0 aromatic heterocycles. The van der Waals surface area contributed by atoms with Crippen LogP contribution in [0, 0.1) is 0 Å². The summed E-state index contributed by atoms with van der Waals surface area (Å²) in [4.78, 5) is 10.2. The summed E-state index contributed by atoms with van der Waals surface area (Å²) in [6.07, 6.45) is -0.676. The maximum atomic E-state index is 10.2. The highest BCUT2D eigenvalue weighted by Crippen LogP contribution is 2.11. The Hall–Kier alpha value is -1.19. The van der Waals surface area contributed by atoms with Crippen molar-refractivity contribution in [2.24, 2.45) is 5.73 Å². The van der Waals surface area contributed by atoms with Crippen molar-refractivity contribution < 1.29 is 9.90 Å². The minimum absolute atomic E-state index is 0.442. The summed E-state index contributed by atoms with van der Waals surface area (Å²) in [5, 5.41) is 9.09. The van der Waals surface area contributed by atoms with Gasteiger partial charge in [0.2, 0.25) is 0 Å². The molecule has 3 N–H and O–H groups in total. The van der Waals surface area contributed by atoms with Crippen LogP contribution in [0.4, 0.5) is 0 Å². The van der Waals surface area contributed by atoms with Crippen molar-refractivity contribution in [1.29, 1.82) is 0 Å². The molecule has 0 aliphatic heterocycles. The monoisotopic (exact) mass is 165 g/mol. The van der Waals surface area contributed by atoms with E-state index in [2.05, 4.69) is 0 Å². The number of aliphatic hydroxyl groups is 1. The summed E-state index contributed by atoms with van der Waals surface area (Å²) < 4.78 is 0. The Morgan fingerprint density at radius 3 is 2.42 bits per heavy atom. The lowest BCUT2D eigenvalue weighted by atomic mass is 10.0. The lowest BCUT2D eigenvalue weighted by Gasteiger charge is -2.13. The molecule has 1 rings (SSSR count). The number of aliphatic hydroxyl groups excluding tert-OH is 1. The fraction of sp³-hybridized carbons (Fsp3) is 0.222. The summed E-state index contributed by atoms with van der Waals surface area (Å²) in [5.41, 5.74) is 6.33. The van der Waals surface area contributed by atoms with Gasteiger partial charge in [-0.05, 0) is 5.56 Å². The van der Waals surface area contributed by atoms with E-state index in [1.807, 2.05) is 18.2 Å². The highest BCUT2D eigenvalue weighted by Gasteiger charge is 2.14. The lowest BCUT2D eigenvalue weighted by Crippen LogP contribution is -2.27. The van der Waals surface area contributed by atoms with Gasteiger partial charge in [-0.3, -0.25) is 0 Å². The van der Waals surface area contributed by atoms with E-state index in [0.717, 1.165) is 5.56 Å². The van der Waals surface area contributed by atoms with Crippen LogP contribution in [0.25, 0.3) is 0 Å². The van der Waals surface area contributed by atoms with Gasteiger partial charge in [0.1, 0.15) is 12.4 Å². The molecule has 12 heavy (non-hydrogen) atoms. The smallest absolute Gasteiger partial charge is 0.150 e. The topological polar surface area (TPSA) is 63.3 Å². The van der Waals surface area contributed by atoms with E-state index < -0.39 is 12.1 Å². The molecule has 0 amide bonds. The van der Waals surface area contributed by atoms with Gasteiger partial charge in [0, 0.05) is 0 Å². The largest absolute Gasteiger partial charge is 0.384 e. The molecule has 2 atom stereocenters. The first-order chi connectivity index (χ1) is 5.75. The molecule has 0 fully saturated rings. The number of benzene rings is 1. The van der Waals surface area contributed by atoms with Crippen LogP contribution < -0.4 is 5.73 Å². The number of hydrogen-bond acceptors (Lipinski definition) is 3. The zero-order chi connectivity index (χ0) is 8.97. The first-order valence-electron chi connectivity index (χ1n) is 3.69. The van der Waals surface area contributed by atoms with Gasteiger partial charge in [-0.25, -0.2) is 0 Å². The highest BCUT2D eigenvalue weighted by molar-refractivity contribution is 5.57. The number of rotatable bonds is 3. The molecule has 0 aliphatic carbocycles. The van der Waals surface area contributed by atoms with Crippen LogP contribution in [0.3, 0.4) is 0 Å². The summed E-state index contributed by atoms with van der Waals surface area (Å²) in [5.74, 6) is 0. The molecule has 0 heterocycles. The molecular weight excluding hydrogens is 154 g/mol. The van der Waals surface area contributed by atoms with E-state index in [1.165, 1.54) is 0 Å². The Labute approximate surface area is 70.8 Å². The van der Waals surface area contributed by atoms with Crippen LogP contribution in [0.2, 0.25) is 0 Å². The second-order valence-corrected chi connectivity index (χ2v) is 2.56. The maximum absolute atomic E-state index is 10.2. The Morgan fingerprint density at radius 2 is 1.92 bits per heavy atom. The van der Waals surface area contributed by atoms with Crippen molar-refractivity contribution in [1.82, 2.24) is 0 Å². The molecular formula is C9H11NO2. The molecule has 2 unspecified atom stereocenters. The van der Waals surface area contributed by atoms with Crippen LogP contribution in [0.5, 0.6) is 0 Å². The highest BCUT2D eigenvalue weighted by atomic mass is 16.3. The fourth-order valence-corrected chi connectivity index (χ4v) is 0.957. The van der Waals surface area contributed by atoms with Crippen molar-refractivity contribution in [3.63, 3.8) is 0 Å². The Kier molecular flexibility index (Phi) is 2.96. The first kappa shape index (κ1) is 8.90. The number of hydrogen-bond donors (Lipinski definition) is 2. The van der Waals surface area contributed by atoms with Crippen LogP contribution >= 0.6 is 0 Å². The van der Waals surface area contributed by atoms with Gasteiger partial charge in [-0.15, -0.1) is 0 Å². The quantitative estimate of drug-likeness (QED) is 0.631. The Balaban J connectivity index is 2.78. The number of carbonyl (C=O) groups excluding carboxylic acids is 1. The van der Waals surface area contributed by atoms with Gasteiger partial charge in [0.15, 0.2) is 0 Å². The summed E-state index contributed by atoms with van der Waals surface area (Å²) in [7, 11) is 0. The average Bonchev–Trinajstić information content (AvgIpc) is 2.17. The van der Waals surface area contributed by atoms with Crippen molar-refractivity contribution >= 4 is 6.29 Å². The van der Waals surface area contributed by atoms with Gasteiger partial charge >= 0.3 is 0 Å². The summed E-state index contributed by atoms with van der Waals surface area (Å²) in [6, 6.07) is 8.40. The van der Waals surface area contributed by atoms with Gasteiger partial charge in [0.05, 0.1) is 6.04 Å². The van der Waals surface area contributed by atoms with Crippen molar-refractivity contribution in [2.75, 3.05) is 0 Å². The molecule has 1 aromatic carbocycles. The van der Waals surface area contributed by atoms with Gasteiger partial charge in [-0.1, -0.05) is 30.3 Å². The lowest BCUT2D eigenvalue weighted by molar-refractivity contribution is -0.115. The summed E-state index contributed by atoms with van der Waals surface area (Å²) in [6.45, 7) is 0. The number of carbonyl (C=O) groups is 1. The Bertz CT molecular complexity index is 248. The van der Waals surface area contributed by atoms with Crippen molar-refractivity contribution in [3.05, 3.63) is 35.9 Å². The maximum Gasteiger partial charge on any atom is 0.150 e. The van der Waals surface area contributed by atoms with Crippen LogP contribution in [0.1, 0.15) is 11.6 Å². The average molecular weight is 165 g/mol. The minimum Gasteiger partial charge on any atom is -0.384 e. The SMILES string of the molecule is NC(c1ccccc1)C(O)C=O. The van der Waals surface area contributed by atoms with Crippen molar-refractivity contribution in [2.45, 2.75) is 12.1 Å². The predicted molar refractivity (Wildman–Crippen MR) is 45.4 cm³/mol. The molecule has 0 bridgehead atoms. The van der Waals surface area contributed by atoms with E-state index in [9.17, 15) is 4.79 Å². The number of aldehydes is 1. The third-order valence-corrected chi connectivity index (χ3v) is 1.69. The fourth-order valence-electron chi connectivity index (χ4n) is 0.957. The van der Waals surface area contributed by atoms with Crippen LogP contribution in [0.15, 0.2) is 30.3 Å². The van der Waals surface area contributed by atoms with E-state index in [1.54, 1.807) is 12.1 Å². The molecule has 64 valence electrons. The normalized spacial score (nSPS) is 15.2. The zero-order valence-corrected chi connectivity index (χ0v) is 6.55. The third kappa shape index (κ3) is 1.90. The predicted octanol–water partition coefficient (Wildman–Crippen LogP) is 0.246. The molecule has 1 aromatic rings. The molecule has 0 saturated carbocycles. The molecule has 0 aliphatic rings. The number of nitrogens with two attached hydrogens (primary N) is 1. The molecule has 0 saturated heterocycles. The molecule has 0 radical (unpaired) electrons. The van der Waals surface area contributed by atoms with Gasteiger partial charge in [-0.2, -0.15) is 0 Å². The van der Waals surface area contributed by atoms with Crippen molar-refractivity contribution in [3.8, 4) is 0 Å². The second-order valence-electron chi connectivity index (χ2n) is 2.56. The van der Waals surface area contributed by atoms with E-state index in [0.29, 0.717) is 6.29 Å². The third-order valence-electron chi connectivity index (χ3n) is 1.69. The Morgan fingerprint density at radius 1 is 1.33 bits per heavy atom. The summed E-state index contributed by atoms with van der Waals surface area (Å²) >= 11 is 0. The molecule has 3 heteroatoms. The van der Waals surface area contributed by atoms with Gasteiger partial charge < -0.3 is 15.6 Å². The minimum atomic E-state index is -1.12. The van der Waals surface area contributed by atoms with E-state index >= 15 is 0 Å². The first-order valence-corrected chi connectivity index (χ1v) is 3.69. The standard InChI is InChI=1S/C9H11NO2/c10-9(8(12)6-11)7-4-2-1-3-5-7/h1-6,8-9,12H,10H2. The zero-order valence-electron chi connectivity index (χ0n) is 6.55. The molecule has 0 spiro atoms. The van der Waals surface area contributed by atoms with Crippen LogP contribution in [-0.4, -0.2) is 17.5 Å². The van der Waals surface area contributed by atoms with Gasteiger partial charge in [0.25, 0.3) is 0 Å².